The molecule has 1 aromatic rings. The molecule has 0 fully saturated rings. The van der Waals surface area contributed by atoms with E-state index < -0.39 is 0 Å². The Kier molecular flexibility index (Phi) is 3.79. The molecule has 0 spiro atoms. The number of amides is 1. The van der Waals surface area contributed by atoms with Crippen molar-refractivity contribution in [1.29, 1.82) is 0 Å². The normalized spacial score (nSPS) is 10.0. The van der Waals surface area contributed by atoms with Crippen LogP contribution in [0.25, 0.3) is 0 Å². The summed E-state index contributed by atoms with van der Waals surface area (Å²) in [7, 11) is 1.75. The Balaban J connectivity index is 2.76. The average molecular weight is 226 g/mol. The molecule has 2 N–H and O–H groups in total. The van der Waals surface area contributed by atoms with Crippen molar-refractivity contribution in [2.75, 3.05) is 13.6 Å². The molecular weight excluding hydrogens is 212 g/mol. The predicted molar refractivity (Wildman–Crippen MR) is 61.4 cm³/mol. The molecule has 0 aliphatic heterocycles. The zero-order chi connectivity index (χ0) is 11.4. The molecule has 6 heteroatoms. The Morgan fingerprint density at radius 3 is 2.93 bits per heavy atom. The van der Waals surface area contributed by atoms with E-state index in [0.717, 1.165) is 0 Å². The number of imidazole rings is 1. The highest BCUT2D eigenvalue weighted by molar-refractivity contribution is 7.80. The van der Waals surface area contributed by atoms with Gasteiger partial charge in [-0.3, -0.25) is 4.79 Å². The fourth-order valence-electron chi connectivity index (χ4n) is 1.10. The molecule has 5 nitrogen and oxygen atoms in total. The van der Waals surface area contributed by atoms with Crippen molar-refractivity contribution >= 4 is 23.1 Å². The highest BCUT2D eigenvalue weighted by Crippen LogP contribution is 1.99. The van der Waals surface area contributed by atoms with Gasteiger partial charge in [-0.05, 0) is 6.92 Å². The highest BCUT2D eigenvalue weighted by atomic mass is 32.1. The lowest BCUT2D eigenvalue weighted by Gasteiger charge is -2.15. The summed E-state index contributed by atoms with van der Waals surface area (Å²) in [6.45, 7) is 2.81. The van der Waals surface area contributed by atoms with Crippen LogP contribution in [0.15, 0.2) is 12.4 Å². The summed E-state index contributed by atoms with van der Waals surface area (Å²) in [5.74, 6) is 0.482. The highest BCUT2D eigenvalue weighted by Gasteiger charge is 2.11. The maximum Gasteiger partial charge on any atom is 0.242 e. The minimum Gasteiger partial charge on any atom is -0.387 e. The van der Waals surface area contributed by atoms with Crippen LogP contribution in [0.1, 0.15) is 12.7 Å². The molecule has 1 rings (SSSR count). The van der Waals surface area contributed by atoms with Gasteiger partial charge < -0.3 is 15.2 Å². The Morgan fingerprint density at radius 1 is 1.73 bits per heavy atom. The minimum absolute atomic E-state index is 0.00741. The fraction of sp³-hybridized carbons (Fsp3) is 0.444. The molecule has 0 saturated heterocycles. The number of hydrogen-bond donors (Lipinski definition) is 1. The summed E-state index contributed by atoms with van der Waals surface area (Å²) in [4.78, 5) is 17.4. The first-order valence-corrected chi connectivity index (χ1v) is 5.02. The fourth-order valence-corrected chi connectivity index (χ4v) is 1.27. The summed E-state index contributed by atoms with van der Waals surface area (Å²) in [6.07, 6.45) is 3.27. The van der Waals surface area contributed by atoms with Gasteiger partial charge in [-0.2, -0.15) is 0 Å². The third-order valence-corrected chi connectivity index (χ3v) is 2.32. The van der Waals surface area contributed by atoms with E-state index in [0.29, 0.717) is 12.4 Å². The standard InChI is InChI=1S/C9H14N4OS/c1-3-12(2)7(14)6-13-5-4-11-9(13)8(10)15/h4-5H,3,6H2,1-2H3,(H2,10,15). The number of aromatic nitrogens is 2. The van der Waals surface area contributed by atoms with E-state index in [-0.39, 0.29) is 17.4 Å². The van der Waals surface area contributed by atoms with Crippen molar-refractivity contribution < 1.29 is 4.79 Å². The first kappa shape index (κ1) is 11.6. The maximum atomic E-state index is 11.6. The Morgan fingerprint density at radius 2 is 2.40 bits per heavy atom. The smallest absolute Gasteiger partial charge is 0.242 e. The monoisotopic (exact) mass is 226 g/mol. The molecule has 0 saturated carbocycles. The number of carbonyl (C=O) groups excluding carboxylic acids is 1. The minimum atomic E-state index is 0.00741. The molecule has 82 valence electrons. The number of carbonyl (C=O) groups is 1. The van der Waals surface area contributed by atoms with E-state index >= 15 is 0 Å². The molecule has 0 aliphatic carbocycles. The summed E-state index contributed by atoms with van der Waals surface area (Å²) in [5.41, 5.74) is 5.47. The van der Waals surface area contributed by atoms with Gasteiger partial charge in [0.25, 0.3) is 0 Å². The zero-order valence-electron chi connectivity index (χ0n) is 8.80. The van der Waals surface area contributed by atoms with Crippen LogP contribution in [0.2, 0.25) is 0 Å². The molecule has 1 heterocycles. The quantitative estimate of drug-likeness (QED) is 0.734. The van der Waals surface area contributed by atoms with Crippen LogP contribution in [0, 0.1) is 0 Å². The Bertz CT molecular complexity index is 374. The second kappa shape index (κ2) is 4.88. The first-order chi connectivity index (χ1) is 7.06. The van der Waals surface area contributed by atoms with Crippen molar-refractivity contribution in [3.8, 4) is 0 Å². The van der Waals surface area contributed by atoms with Gasteiger partial charge in [0, 0.05) is 26.0 Å². The van der Waals surface area contributed by atoms with E-state index in [4.69, 9.17) is 18.0 Å². The van der Waals surface area contributed by atoms with Gasteiger partial charge in [-0.1, -0.05) is 12.2 Å². The van der Waals surface area contributed by atoms with Crippen LogP contribution in [0.5, 0.6) is 0 Å². The average Bonchev–Trinajstić information content (AvgIpc) is 2.64. The lowest BCUT2D eigenvalue weighted by molar-refractivity contribution is -0.130. The molecule has 0 bridgehead atoms. The third-order valence-electron chi connectivity index (χ3n) is 2.14. The maximum absolute atomic E-state index is 11.6. The van der Waals surface area contributed by atoms with Crippen molar-refractivity contribution in [2.24, 2.45) is 5.73 Å². The predicted octanol–water partition coefficient (Wildman–Crippen LogP) is -0.00440. The lowest BCUT2D eigenvalue weighted by Crippen LogP contribution is -2.31. The molecule has 0 radical (unpaired) electrons. The Hall–Kier alpha value is -1.43. The molecule has 1 amide bonds. The van der Waals surface area contributed by atoms with Crippen molar-refractivity contribution in [1.82, 2.24) is 14.5 Å². The number of likely N-dealkylation sites (N-methyl/N-ethyl adjacent to an activating group) is 1. The molecular formula is C9H14N4OS. The van der Waals surface area contributed by atoms with Gasteiger partial charge in [0.05, 0.1) is 0 Å². The van der Waals surface area contributed by atoms with Gasteiger partial charge in [-0.25, -0.2) is 4.98 Å². The van der Waals surface area contributed by atoms with E-state index in [2.05, 4.69) is 4.98 Å². The van der Waals surface area contributed by atoms with Crippen LogP contribution in [0.4, 0.5) is 0 Å². The largest absolute Gasteiger partial charge is 0.387 e. The SMILES string of the molecule is CCN(C)C(=O)Cn1ccnc1C(N)=S. The molecule has 15 heavy (non-hydrogen) atoms. The molecule has 0 unspecified atom stereocenters. The van der Waals surface area contributed by atoms with Crippen molar-refractivity contribution in [3.63, 3.8) is 0 Å². The van der Waals surface area contributed by atoms with Crippen molar-refractivity contribution in [3.05, 3.63) is 18.2 Å². The molecule has 1 aromatic heterocycles. The zero-order valence-corrected chi connectivity index (χ0v) is 9.62. The van der Waals surface area contributed by atoms with Crippen LogP contribution in [0.3, 0.4) is 0 Å². The number of hydrogen-bond acceptors (Lipinski definition) is 3. The van der Waals surface area contributed by atoms with Gasteiger partial charge in [-0.15, -0.1) is 0 Å². The summed E-state index contributed by atoms with van der Waals surface area (Å²) in [5, 5.41) is 0. The van der Waals surface area contributed by atoms with Crippen molar-refractivity contribution in [2.45, 2.75) is 13.5 Å². The molecule has 0 atom stereocenters. The van der Waals surface area contributed by atoms with Gasteiger partial charge in [0.1, 0.15) is 11.5 Å². The summed E-state index contributed by atoms with van der Waals surface area (Å²) in [6, 6.07) is 0. The van der Waals surface area contributed by atoms with E-state index in [1.807, 2.05) is 6.92 Å². The number of nitrogens with zero attached hydrogens (tertiary/aromatic N) is 3. The topological polar surface area (TPSA) is 64.2 Å². The van der Waals surface area contributed by atoms with Gasteiger partial charge in [0.15, 0.2) is 5.82 Å². The number of thiocarbonyl (C=S) groups is 1. The second-order valence-electron chi connectivity index (χ2n) is 3.15. The van der Waals surface area contributed by atoms with Gasteiger partial charge in [0.2, 0.25) is 5.91 Å². The van der Waals surface area contributed by atoms with Gasteiger partial charge >= 0.3 is 0 Å². The molecule has 0 aliphatic rings. The van der Waals surface area contributed by atoms with E-state index in [1.54, 1.807) is 28.9 Å². The first-order valence-electron chi connectivity index (χ1n) is 4.61. The van der Waals surface area contributed by atoms with Crippen LogP contribution < -0.4 is 5.73 Å². The van der Waals surface area contributed by atoms with E-state index in [1.165, 1.54) is 0 Å². The lowest BCUT2D eigenvalue weighted by atomic mass is 10.4. The van der Waals surface area contributed by atoms with E-state index in [9.17, 15) is 4.79 Å². The third kappa shape index (κ3) is 2.76. The molecule has 0 aromatic carbocycles. The van der Waals surface area contributed by atoms with Crippen LogP contribution in [-0.4, -0.2) is 38.9 Å². The summed E-state index contributed by atoms with van der Waals surface area (Å²) >= 11 is 4.82. The number of rotatable bonds is 4. The Labute approximate surface area is 93.9 Å². The van der Waals surface area contributed by atoms with Crippen LogP contribution >= 0.6 is 12.2 Å². The summed E-state index contributed by atoms with van der Waals surface area (Å²) < 4.78 is 1.65. The number of nitrogens with two attached hydrogens (primary N) is 1. The van der Waals surface area contributed by atoms with Crippen LogP contribution in [-0.2, 0) is 11.3 Å². The second-order valence-corrected chi connectivity index (χ2v) is 3.59.